The van der Waals surface area contributed by atoms with Crippen molar-refractivity contribution in [3.63, 3.8) is 0 Å². The first-order chi connectivity index (χ1) is 11.3. The van der Waals surface area contributed by atoms with E-state index in [1.165, 1.54) is 0 Å². The molecule has 0 aromatic carbocycles. The molecule has 1 aromatic rings. The fourth-order valence-electron chi connectivity index (χ4n) is 3.46. The van der Waals surface area contributed by atoms with Crippen LogP contribution in [0.4, 0.5) is 5.82 Å². The molecule has 2 aliphatic heterocycles. The summed E-state index contributed by atoms with van der Waals surface area (Å²) in [5.74, 6) is 1.56. The normalized spacial score (nSPS) is 25.0. The number of aromatic nitrogens is 2. The number of hydrogen-bond acceptors (Lipinski definition) is 5. The molecule has 2 fully saturated rings. The first-order valence-electron chi connectivity index (χ1n) is 8.61. The number of carbonyl (C=O) groups excluding carboxylic acids is 1. The Bertz CT molecular complexity index is 705. The number of nitrogens with one attached hydrogen (secondary N) is 1. The molecule has 2 saturated heterocycles. The summed E-state index contributed by atoms with van der Waals surface area (Å²) >= 11 is 0. The highest BCUT2D eigenvalue weighted by molar-refractivity contribution is 7.91. The van der Waals surface area contributed by atoms with Crippen LogP contribution in [0.15, 0.2) is 6.07 Å². The van der Waals surface area contributed by atoms with E-state index in [0.717, 1.165) is 37.5 Å². The standard InChI is InChI=1S/C16H26N4O3S/c1-12-3-6-19(7-4-12)10-16(21)17-15-9-13(2)18-20(15)14-5-8-24(22,23)11-14/h9,12,14H,3-8,10-11H2,1-2H3,(H,17,21). The van der Waals surface area contributed by atoms with Gasteiger partial charge in [-0.15, -0.1) is 0 Å². The summed E-state index contributed by atoms with van der Waals surface area (Å²) in [6.45, 7) is 6.37. The summed E-state index contributed by atoms with van der Waals surface area (Å²) in [7, 11) is -2.99. The van der Waals surface area contributed by atoms with E-state index in [0.29, 0.717) is 18.8 Å². The predicted octanol–water partition coefficient (Wildman–Crippen LogP) is 1.22. The van der Waals surface area contributed by atoms with Gasteiger partial charge in [-0.25, -0.2) is 13.1 Å². The molecule has 8 heteroatoms. The highest BCUT2D eigenvalue weighted by Crippen LogP contribution is 2.27. The second-order valence-electron chi connectivity index (χ2n) is 7.18. The molecule has 0 bridgehead atoms. The third-order valence-corrected chi connectivity index (χ3v) is 6.67. The quantitative estimate of drug-likeness (QED) is 0.879. The number of aryl methyl sites for hydroxylation is 1. The molecule has 7 nitrogen and oxygen atoms in total. The largest absolute Gasteiger partial charge is 0.310 e. The van der Waals surface area contributed by atoms with E-state index in [1.807, 2.05) is 6.92 Å². The number of sulfone groups is 1. The summed E-state index contributed by atoms with van der Waals surface area (Å²) in [5.41, 5.74) is 0.779. The monoisotopic (exact) mass is 354 g/mol. The number of hydrogen-bond donors (Lipinski definition) is 1. The average molecular weight is 354 g/mol. The number of nitrogens with zero attached hydrogens (tertiary/aromatic N) is 3. The minimum atomic E-state index is -2.99. The highest BCUT2D eigenvalue weighted by Gasteiger charge is 2.31. The molecular weight excluding hydrogens is 328 g/mol. The van der Waals surface area contributed by atoms with Crippen molar-refractivity contribution in [2.24, 2.45) is 5.92 Å². The summed E-state index contributed by atoms with van der Waals surface area (Å²) < 4.78 is 25.1. The number of piperidine rings is 1. The zero-order valence-corrected chi connectivity index (χ0v) is 15.2. The Morgan fingerprint density at radius 1 is 1.33 bits per heavy atom. The molecule has 1 N–H and O–H groups in total. The number of likely N-dealkylation sites (tertiary alicyclic amines) is 1. The number of amides is 1. The van der Waals surface area contributed by atoms with E-state index < -0.39 is 9.84 Å². The van der Waals surface area contributed by atoms with E-state index in [1.54, 1.807) is 10.7 Å². The topological polar surface area (TPSA) is 84.3 Å². The van der Waals surface area contributed by atoms with Crippen LogP contribution in [0.1, 0.15) is 37.9 Å². The zero-order chi connectivity index (χ0) is 17.3. The molecule has 134 valence electrons. The van der Waals surface area contributed by atoms with Gasteiger partial charge in [0.2, 0.25) is 5.91 Å². The minimum Gasteiger partial charge on any atom is -0.310 e. The summed E-state index contributed by atoms with van der Waals surface area (Å²) in [5, 5.41) is 7.31. The molecular formula is C16H26N4O3S. The van der Waals surface area contributed by atoms with E-state index in [4.69, 9.17) is 0 Å². The molecule has 1 amide bonds. The maximum absolute atomic E-state index is 12.4. The molecule has 1 unspecified atom stereocenters. The van der Waals surface area contributed by atoms with E-state index in [9.17, 15) is 13.2 Å². The maximum atomic E-state index is 12.4. The lowest BCUT2D eigenvalue weighted by Crippen LogP contribution is -2.39. The van der Waals surface area contributed by atoms with Crippen LogP contribution < -0.4 is 5.32 Å². The first-order valence-corrected chi connectivity index (χ1v) is 10.4. The highest BCUT2D eigenvalue weighted by atomic mass is 32.2. The van der Waals surface area contributed by atoms with Gasteiger partial charge in [-0.05, 0) is 45.2 Å². The van der Waals surface area contributed by atoms with Crippen molar-refractivity contribution in [1.82, 2.24) is 14.7 Å². The van der Waals surface area contributed by atoms with E-state index in [2.05, 4.69) is 22.2 Å². The summed E-state index contributed by atoms with van der Waals surface area (Å²) in [6, 6.07) is 1.62. The van der Waals surface area contributed by atoms with Crippen molar-refractivity contribution < 1.29 is 13.2 Å². The van der Waals surface area contributed by atoms with Crippen molar-refractivity contribution in [2.75, 3.05) is 36.5 Å². The van der Waals surface area contributed by atoms with Crippen molar-refractivity contribution in [1.29, 1.82) is 0 Å². The maximum Gasteiger partial charge on any atom is 0.239 e. The molecule has 24 heavy (non-hydrogen) atoms. The van der Waals surface area contributed by atoms with Gasteiger partial charge in [0.15, 0.2) is 9.84 Å². The molecule has 0 saturated carbocycles. The van der Waals surface area contributed by atoms with Gasteiger partial charge < -0.3 is 5.32 Å². The fraction of sp³-hybridized carbons (Fsp3) is 0.750. The van der Waals surface area contributed by atoms with Crippen molar-refractivity contribution in [3.05, 3.63) is 11.8 Å². The first kappa shape index (κ1) is 17.4. The average Bonchev–Trinajstić information content (AvgIpc) is 3.03. The van der Waals surface area contributed by atoms with Crippen LogP contribution in [0.3, 0.4) is 0 Å². The van der Waals surface area contributed by atoms with Gasteiger partial charge in [0.25, 0.3) is 0 Å². The summed E-state index contributed by atoms with van der Waals surface area (Å²) in [6.07, 6.45) is 2.81. The van der Waals surface area contributed by atoms with Gasteiger partial charge in [-0.2, -0.15) is 5.10 Å². The molecule has 2 aliphatic rings. The van der Waals surface area contributed by atoms with Gasteiger partial charge in [-0.1, -0.05) is 6.92 Å². The van der Waals surface area contributed by atoms with Gasteiger partial charge in [0, 0.05) is 6.07 Å². The Balaban J connectivity index is 1.64. The van der Waals surface area contributed by atoms with Gasteiger partial charge in [0.1, 0.15) is 5.82 Å². The van der Waals surface area contributed by atoms with Crippen LogP contribution in [-0.4, -0.2) is 60.1 Å². The van der Waals surface area contributed by atoms with Crippen LogP contribution in [0.2, 0.25) is 0 Å². The van der Waals surface area contributed by atoms with E-state index in [-0.39, 0.29) is 23.5 Å². The Morgan fingerprint density at radius 2 is 2.04 bits per heavy atom. The molecule has 1 atom stereocenters. The number of anilines is 1. The molecule has 0 aliphatic carbocycles. The third-order valence-electron chi connectivity index (χ3n) is 4.92. The minimum absolute atomic E-state index is 0.0634. The lowest BCUT2D eigenvalue weighted by Gasteiger charge is -2.29. The molecule has 3 rings (SSSR count). The van der Waals surface area contributed by atoms with Crippen LogP contribution in [-0.2, 0) is 14.6 Å². The Labute approximate surface area is 143 Å². The Kier molecular flexibility index (Phi) is 4.96. The lowest BCUT2D eigenvalue weighted by molar-refractivity contribution is -0.117. The SMILES string of the molecule is Cc1cc(NC(=O)CN2CCC(C)CC2)n(C2CCS(=O)(=O)C2)n1. The molecule has 0 spiro atoms. The smallest absolute Gasteiger partial charge is 0.239 e. The second-order valence-corrected chi connectivity index (χ2v) is 9.41. The molecule has 1 aromatic heterocycles. The second kappa shape index (κ2) is 6.84. The Hall–Kier alpha value is -1.41. The number of carbonyl (C=O) groups is 1. The van der Waals surface area contributed by atoms with Crippen molar-refractivity contribution in [3.8, 4) is 0 Å². The van der Waals surface area contributed by atoms with Crippen molar-refractivity contribution in [2.45, 2.75) is 39.2 Å². The summed E-state index contributed by atoms with van der Waals surface area (Å²) in [4.78, 5) is 14.5. The van der Waals surface area contributed by atoms with Crippen LogP contribution in [0.25, 0.3) is 0 Å². The molecule has 3 heterocycles. The fourth-order valence-corrected chi connectivity index (χ4v) is 5.15. The lowest BCUT2D eigenvalue weighted by atomic mass is 9.99. The van der Waals surface area contributed by atoms with Crippen LogP contribution in [0, 0.1) is 12.8 Å². The predicted molar refractivity (Wildman–Crippen MR) is 92.7 cm³/mol. The zero-order valence-electron chi connectivity index (χ0n) is 14.4. The van der Waals surface area contributed by atoms with Crippen LogP contribution >= 0.6 is 0 Å². The van der Waals surface area contributed by atoms with Gasteiger partial charge in [0.05, 0.1) is 29.8 Å². The van der Waals surface area contributed by atoms with E-state index >= 15 is 0 Å². The number of rotatable bonds is 4. The Morgan fingerprint density at radius 3 is 2.67 bits per heavy atom. The van der Waals surface area contributed by atoms with Crippen LogP contribution in [0.5, 0.6) is 0 Å². The van der Waals surface area contributed by atoms with Gasteiger partial charge >= 0.3 is 0 Å². The molecule has 0 radical (unpaired) electrons. The van der Waals surface area contributed by atoms with Gasteiger partial charge in [-0.3, -0.25) is 9.69 Å². The van der Waals surface area contributed by atoms with Crippen molar-refractivity contribution >= 4 is 21.6 Å². The third kappa shape index (κ3) is 4.16.